The molecule has 0 aliphatic carbocycles. The first-order valence-corrected chi connectivity index (χ1v) is 10.6. The molecule has 0 bridgehead atoms. The largest absolute Gasteiger partial charge is 0.497 e. The van der Waals surface area contributed by atoms with E-state index < -0.39 is 0 Å². The molecule has 0 spiro atoms. The second kappa shape index (κ2) is 9.75. The molecule has 0 aromatic heterocycles. The average molecular weight is 420 g/mol. The van der Waals surface area contributed by atoms with Crippen molar-refractivity contribution < 1.29 is 18.9 Å². The summed E-state index contributed by atoms with van der Waals surface area (Å²) in [5, 5.41) is 0. The van der Waals surface area contributed by atoms with Crippen molar-refractivity contribution in [1.29, 1.82) is 0 Å². The number of fused-ring (bicyclic) bond motifs is 1. The van der Waals surface area contributed by atoms with Gasteiger partial charge in [0.25, 0.3) is 0 Å². The van der Waals surface area contributed by atoms with Gasteiger partial charge in [-0.3, -0.25) is 4.90 Å². The molecule has 1 heterocycles. The minimum Gasteiger partial charge on any atom is -0.497 e. The van der Waals surface area contributed by atoms with Crippen LogP contribution in [0.2, 0.25) is 0 Å². The van der Waals surface area contributed by atoms with Gasteiger partial charge in [0.2, 0.25) is 0 Å². The Morgan fingerprint density at radius 2 is 1.77 bits per heavy atom. The number of ether oxygens (including phenoxy) is 4. The molecule has 0 amide bonds. The van der Waals surface area contributed by atoms with Crippen LogP contribution in [0, 0.1) is 0 Å². The second-order valence-corrected chi connectivity index (χ2v) is 7.50. The minimum absolute atomic E-state index is 0.610. The molecule has 0 radical (unpaired) electrons. The van der Waals surface area contributed by atoms with Crippen LogP contribution in [0.25, 0.3) is 11.1 Å². The highest BCUT2D eigenvalue weighted by Crippen LogP contribution is 2.39. The van der Waals surface area contributed by atoms with Gasteiger partial charge < -0.3 is 18.9 Å². The van der Waals surface area contributed by atoms with Gasteiger partial charge in [-0.1, -0.05) is 30.3 Å². The number of hydrogen-bond acceptors (Lipinski definition) is 5. The van der Waals surface area contributed by atoms with E-state index >= 15 is 0 Å². The molecular formula is C26H29NO4. The summed E-state index contributed by atoms with van der Waals surface area (Å²) in [6, 6.07) is 20.5. The van der Waals surface area contributed by atoms with E-state index in [0.29, 0.717) is 13.2 Å². The smallest absolute Gasteiger partial charge is 0.165 e. The van der Waals surface area contributed by atoms with Crippen LogP contribution in [0.5, 0.6) is 23.0 Å². The van der Waals surface area contributed by atoms with Gasteiger partial charge in [-0.15, -0.1) is 0 Å². The SMILES string of the molecule is CCOc1ccccc1CN1CCOc2c(cc(-c3cccc(OC)c3)cc2OC)C1. The fourth-order valence-corrected chi connectivity index (χ4v) is 3.97. The normalized spacial score (nSPS) is 13.6. The first-order chi connectivity index (χ1) is 15.2. The molecule has 162 valence electrons. The van der Waals surface area contributed by atoms with Crippen LogP contribution >= 0.6 is 0 Å². The monoisotopic (exact) mass is 419 g/mol. The van der Waals surface area contributed by atoms with E-state index in [9.17, 15) is 0 Å². The third-order valence-corrected chi connectivity index (χ3v) is 5.47. The topological polar surface area (TPSA) is 40.2 Å². The van der Waals surface area contributed by atoms with E-state index in [-0.39, 0.29) is 0 Å². The van der Waals surface area contributed by atoms with Crippen molar-refractivity contribution in [2.45, 2.75) is 20.0 Å². The first-order valence-electron chi connectivity index (χ1n) is 10.6. The van der Waals surface area contributed by atoms with Crippen molar-refractivity contribution in [3.05, 3.63) is 71.8 Å². The van der Waals surface area contributed by atoms with Crippen molar-refractivity contribution in [2.24, 2.45) is 0 Å². The maximum atomic E-state index is 6.13. The van der Waals surface area contributed by atoms with Crippen LogP contribution in [0.1, 0.15) is 18.1 Å². The zero-order valence-electron chi connectivity index (χ0n) is 18.4. The molecule has 4 rings (SSSR count). The Labute approximate surface area is 184 Å². The summed E-state index contributed by atoms with van der Waals surface area (Å²) < 4.78 is 23.1. The fourth-order valence-electron chi connectivity index (χ4n) is 3.97. The number of rotatable bonds is 7. The predicted molar refractivity (Wildman–Crippen MR) is 122 cm³/mol. The van der Waals surface area contributed by atoms with Gasteiger partial charge in [0.1, 0.15) is 18.1 Å². The Morgan fingerprint density at radius 3 is 2.58 bits per heavy atom. The van der Waals surface area contributed by atoms with E-state index in [2.05, 4.69) is 29.2 Å². The van der Waals surface area contributed by atoms with Crippen molar-refractivity contribution in [3.63, 3.8) is 0 Å². The molecule has 3 aromatic rings. The van der Waals surface area contributed by atoms with Gasteiger partial charge in [-0.2, -0.15) is 0 Å². The highest BCUT2D eigenvalue weighted by Gasteiger charge is 2.21. The molecule has 1 aliphatic heterocycles. The number of nitrogens with zero attached hydrogens (tertiary/aromatic N) is 1. The number of methoxy groups -OCH3 is 2. The molecule has 0 atom stereocenters. The molecule has 1 aliphatic rings. The molecule has 0 N–H and O–H groups in total. The average Bonchev–Trinajstić information content (AvgIpc) is 3.01. The lowest BCUT2D eigenvalue weighted by molar-refractivity contribution is 0.213. The highest BCUT2D eigenvalue weighted by molar-refractivity contribution is 5.70. The van der Waals surface area contributed by atoms with E-state index in [1.807, 2.05) is 43.3 Å². The van der Waals surface area contributed by atoms with Gasteiger partial charge in [0.15, 0.2) is 11.5 Å². The summed E-state index contributed by atoms with van der Waals surface area (Å²) in [6.45, 7) is 5.67. The molecule has 0 fully saturated rings. The molecule has 3 aromatic carbocycles. The zero-order chi connectivity index (χ0) is 21.6. The van der Waals surface area contributed by atoms with E-state index in [0.717, 1.165) is 59.3 Å². The van der Waals surface area contributed by atoms with Crippen molar-refractivity contribution in [2.75, 3.05) is 34.0 Å². The summed E-state index contributed by atoms with van der Waals surface area (Å²) in [4.78, 5) is 2.39. The van der Waals surface area contributed by atoms with E-state index in [1.54, 1.807) is 14.2 Å². The fraction of sp³-hybridized carbons (Fsp3) is 0.308. The van der Waals surface area contributed by atoms with Crippen molar-refractivity contribution >= 4 is 0 Å². The summed E-state index contributed by atoms with van der Waals surface area (Å²) in [7, 11) is 3.37. The quantitative estimate of drug-likeness (QED) is 0.529. The minimum atomic E-state index is 0.610. The molecule has 0 saturated heterocycles. The standard InChI is InChI=1S/C26H29NO4/c1-4-30-24-11-6-5-8-20(24)17-27-12-13-31-26-22(18-27)14-21(16-25(26)29-3)19-9-7-10-23(15-19)28-2/h5-11,14-16H,4,12-13,17-18H2,1-3H3. The number of benzene rings is 3. The van der Waals surface area contributed by atoms with Crippen molar-refractivity contribution in [3.8, 4) is 34.1 Å². The Kier molecular flexibility index (Phi) is 6.63. The Hall–Kier alpha value is -3.18. The highest BCUT2D eigenvalue weighted by atomic mass is 16.5. The van der Waals surface area contributed by atoms with Crippen molar-refractivity contribution in [1.82, 2.24) is 4.90 Å². The summed E-state index contributed by atoms with van der Waals surface area (Å²) in [6.07, 6.45) is 0. The Bertz CT molecular complexity index is 1030. The van der Waals surface area contributed by atoms with E-state index in [4.69, 9.17) is 18.9 Å². The Balaban J connectivity index is 1.66. The first kappa shape index (κ1) is 21.1. The molecule has 5 heteroatoms. The van der Waals surface area contributed by atoms with Crippen LogP contribution in [-0.4, -0.2) is 38.9 Å². The molecular weight excluding hydrogens is 390 g/mol. The molecule has 0 unspecified atom stereocenters. The van der Waals surface area contributed by atoms with Gasteiger partial charge in [-0.25, -0.2) is 0 Å². The van der Waals surface area contributed by atoms with Crippen LogP contribution in [0.3, 0.4) is 0 Å². The number of hydrogen-bond donors (Lipinski definition) is 0. The lowest BCUT2D eigenvalue weighted by atomic mass is 10.0. The van der Waals surface area contributed by atoms with Gasteiger partial charge >= 0.3 is 0 Å². The van der Waals surface area contributed by atoms with Gasteiger partial charge in [0, 0.05) is 30.8 Å². The summed E-state index contributed by atoms with van der Waals surface area (Å²) in [5.41, 5.74) is 4.46. The molecule has 31 heavy (non-hydrogen) atoms. The predicted octanol–water partition coefficient (Wildman–Crippen LogP) is 5.16. The zero-order valence-corrected chi connectivity index (χ0v) is 18.4. The molecule has 0 saturated carbocycles. The van der Waals surface area contributed by atoms with E-state index in [1.165, 1.54) is 5.56 Å². The maximum absolute atomic E-state index is 6.13. The Morgan fingerprint density at radius 1 is 0.903 bits per heavy atom. The second-order valence-electron chi connectivity index (χ2n) is 7.50. The lowest BCUT2D eigenvalue weighted by Gasteiger charge is -2.21. The summed E-state index contributed by atoms with van der Waals surface area (Å²) >= 11 is 0. The van der Waals surface area contributed by atoms with Gasteiger partial charge in [0.05, 0.1) is 20.8 Å². The number of para-hydroxylation sites is 1. The van der Waals surface area contributed by atoms with Crippen LogP contribution in [-0.2, 0) is 13.1 Å². The van der Waals surface area contributed by atoms with Gasteiger partial charge in [-0.05, 0) is 48.4 Å². The third kappa shape index (κ3) is 4.78. The van der Waals surface area contributed by atoms with Crippen LogP contribution in [0.4, 0.5) is 0 Å². The molecule has 5 nitrogen and oxygen atoms in total. The maximum Gasteiger partial charge on any atom is 0.165 e. The lowest BCUT2D eigenvalue weighted by Crippen LogP contribution is -2.25. The summed E-state index contributed by atoms with van der Waals surface area (Å²) in [5.74, 6) is 3.36. The third-order valence-electron chi connectivity index (χ3n) is 5.47. The van der Waals surface area contributed by atoms with Crippen LogP contribution in [0.15, 0.2) is 60.7 Å². The van der Waals surface area contributed by atoms with Crippen LogP contribution < -0.4 is 18.9 Å².